The van der Waals surface area contributed by atoms with Crippen LogP contribution in [-0.4, -0.2) is 0 Å². The van der Waals surface area contributed by atoms with Crippen LogP contribution in [0.2, 0.25) is 0 Å². The van der Waals surface area contributed by atoms with Crippen LogP contribution in [0.3, 0.4) is 0 Å². The summed E-state index contributed by atoms with van der Waals surface area (Å²) >= 11 is 0. The highest BCUT2D eigenvalue weighted by molar-refractivity contribution is 5.63. The fourth-order valence-electron chi connectivity index (χ4n) is 11.5. The van der Waals surface area contributed by atoms with Gasteiger partial charge in [-0.3, -0.25) is 0 Å². The van der Waals surface area contributed by atoms with Crippen LogP contribution in [0.15, 0.2) is 12.2 Å². The van der Waals surface area contributed by atoms with Gasteiger partial charge in [-0.05, 0) is 120 Å². The summed E-state index contributed by atoms with van der Waals surface area (Å²) in [6.07, 6.45) is 19.9. The van der Waals surface area contributed by atoms with Gasteiger partial charge in [-0.25, -0.2) is 0 Å². The third-order valence-electron chi connectivity index (χ3n) is 12.9. The van der Waals surface area contributed by atoms with Gasteiger partial charge in [0.25, 0.3) is 0 Å². The minimum atomic E-state index is 0.863. The van der Waals surface area contributed by atoms with Crippen LogP contribution in [0, 0.1) is 55.2 Å². The third-order valence-corrected chi connectivity index (χ3v) is 12.9. The van der Waals surface area contributed by atoms with E-state index in [1.165, 1.54) is 0 Å². The average Bonchev–Trinajstić information content (AvgIpc) is 3.26. The van der Waals surface area contributed by atoms with Gasteiger partial charge in [0.05, 0.1) is 0 Å². The molecule has 0 aromatic rings. The lowest BCUT2D eigenvalue weighted by atomic mass is 10.0. The molecule has 0 aromatic carbocycles. The molecule has 0 amide bonds. The maximum Gasteiger partial charge on any atom is -0.0161 e. The second-order valence-corrected chi connectivity index (χ2v) is 12.5. The third kappa shape index (κ3) is 0.678. The zero-order valence-corrected chi connectivity index (χ0v) is 14.7. The van der Waals surface area contributed by atoms with Gasteiger partial charge in [0.1, 0.15) is 0 Å². The molecule has 8 spiro atoms. The molecular weight excluding hydrogens is 276 g/mol. The van der Waals surface area contributed by atoms with Crippen molar-refractivity contribution >= 4 is 0 Å². The lowest BCUT2D eigenvalue weighted by molar-refractivity contribution is 0.477. The van der Waals surface area contributed by atoms with Crippen LogP contribution in [0.25, 0.3) is 0 Å². The van der Waals surface area contributed by atoms with Gasteiger partial charge >= 0.3 is 0 Å². The van der Waals surface area contributed by atoms with Crippen LogP contribution >= 0.6 is 0 Å². The molecule has 9 aliphatic carbocycles. The summed E-state index contributed by atoms with van der Waals surface area (Å²) in [6.45, 7) is 4.78. The molecule has 0 saturated heterocycles. The highest BCUT2D eigenvalue weighted by Crippen LogP contribution is 3.21. The predicted octanol–water partition coefficient (Wildman–Crippen LogP) is 5.34. The van der Waals surface area contributed by atoms with Gasteiger partial charge in [0, 0.05) is 0 Å². The first-order chi connectivity index (χ1) is 11.0. The summed E-state index contributed by atoms with van der Waals surface area (Å²) in [5, 5.41) is 0. The molecule has 9 saturated carbocycles. The molecule has 9 aliphatic rings. The van der Waals surface area contributed by atoms with E-state index in [4.69, 9.17) is 0 Å². The number of hydrogen-bond donors (Lipinski definition) is 0. The van der Waals surface area contributed by atoms with Gasteiger partial charge in [-0.15, -0.1) is 0 Å². The van der Waals surface area contributed by atoms with E-state index in [2.05, 4.69) is 26.0 Å². The van der Waals surface area contributed by atoms with Crippen molar-refractivity contribution in [1.29, 1.82) is 0 Å². The molecular formula is C23H28. The molecule has 10 unspecified atom stereocenters. The monoisotopic (exact) mass is 304 g/mol. The zero-order valence-electron chi connectivity index (χ0n) is 14.7. The van der Waals surface area contributed by atoms with Crippen LogP contribution in [0.1, 0.15) is 71.6 Å². The van der Waals surface area contributed by atoms with E-state index in [1.54, 1.807) is 57.8 Å². The van der Waals surface area contributed by atoms with E-state index in [-0.39, 0.29) is 0 Å². The Hall–Kier alpha value is -0.260. The normalized spacial score (nSPS) is 87.2. The van der Waals surface area contributed by atoms with Crippen LogP contribution in [-0.2, 0) is 0 Å². The minimum absolute atomic E-state index is 0.863. The van der Waals surface area contributed by atoms with Crippen molar-refractivity contribution in [3.05, 3.63) is 12.2 Å². The van der Waals surface area contributed by atoms with Gasteiger partial charge in [0.2, 0.25) is 0 Å². The molecule has 10 atom stereocenters. The second kappa shape index (κ2) is 2.23. The molecule has 120 valence electrons. The fraction of sp³-hybridized carbons (Fsp3) is 0.913. The molecule has 0 bridgehead atoms. The Kier molecular flexibility index (Phi) is 1.10. The molecule has 0 aliphatic heterocycles. The fourth-order valence-corrected chi connectivity index (χ4v) is 11.5. The largest absolute Gasteiger partial charge is 0.0914 e. The molecule has 0 N–H and O–H groups in total. The van der Waals surface area contributed by atoms with Crippen molar-refractivity contribution in [3.8, 4) is 0 Å². The van der Waals surface area contributed by atoms with E-state index in [0.29, 0.717) is 0 Å². The van der Waals surface area contributed by atoms with Gasteiger partial charge < -0.3 is 0 Å². The average molecular weight is 304 g/mol. The number of allylic oxidation sites excluding steroid dienone is 2. The number of rotatable bonds is 1. The summed E-state index contributed by atoms with van der Waals surface area (Å²) in [5.41, 5.74) is 7.42. The molecule has 0 aromatic heterocycles. The quantitative estimate of drug-likeness (QED) is 0.574. The first-order valence-electron chi connectivity index (χ1n) is 10.6. The van der Waals surface area contributed by atoms with Crippen molar-refractivity contribution in [1.82, 2.24) is 0 Å². The molecule has 9 fully saturated rings. The van der Waals surface area contributed by atoms with Crippen molar-refractivity contribution in [2.75, 3.05) is 0 Å². The highest BCUT2D eigenvalue weighted by atomic mass is 15.2. The van der Waals surface area contributed by atoms with Crippen molar-refractivity contribution < 1.29 is 0 Å². The Labute approximate surface area is 139 Å². The molecule has 0 heterocycles. The maximum atomic E-state index is 2.55. The van der Waals surface area contributed by atoms with Crippen molar-refractivity contribution in [3.63, 3.8) is 0 Å². The van der Waals surface area contributed by atoms with E-state index in [0.717, 1.165) is 55.2 Å². The summed E-state index contributed by atoms with van der Waals surface area (Å²) in [4.78, 5) is 0. The zero-order chi connectivity index (χ0) is 14.9. The van der Waals surface area contributed by atoms with E-state index >= 15 is 0 Å². The summed E-state index contributed by atoms with van der Waals surface area (Å²) < 4.78 is 0. The Balaban J connectivity index is 1.04. The SMILES string of the molecule is CC=CC1CC12CC21CC12CC21CC12CC21CC12CC21CC1C. The second-order valence-electron chi connectivity index (χ2n) is 12.5. The lowest BCUT2D eigenvalue weighted by Gasteiger charge is -1.98. The van der Waals surface area contributed by atoms with Crippen LogP contribution < -0.4 is 0 Å². The Morgan fingerprint density at radius 2 is 1.13 bits per heavy atom. The standard InChI is InChI=1S/C23H28/c1-3-4-15-6-17(15)8-19(17)10-21(19)12-23(21)13-22(23)11-20(22)9-18(20)7-16(18)5-14(16)2/h3-4,14-15H,5-13H2,1-2H3. The summed E-state index contributed by atoms with van der Waals surface area (Å²) in [5.74, 6) is 2.10. The van der Waals surface area contributed by atoms with E-state index < -0.39 is 0 Å². The molecule has 0 radical (unpaired) electrons. The minimum Gasteiger partial charge on any atom is -0.0914 e. The van der Waals surface area contributed by atoms with E-state index in [9.17, 15) is 0 Å². The number of fused-ring (bicyclic) bond motifs is 7. The molecule has 23 heavy (non-hydrogen) atoms. The predicted molar refractivity (Wildman–Crippen MR) is 88.5 cm³/mol. The van der Waals surface area contributed by atoms with E-state index in [1.807, 2.05) is 0 Å². The highest BCUT2D eigenvalue weighted by Gasteiger charge is 3.15. The Morgan fingerprint density at radius 1 is 0.652 bits per heavy atom. The van der Waals surface area contributed by atoms with Gasteiger partial charge in [-0.2, -0.15) is 0 Å². The smallest absolute Gasteiger partial charge is 0.0161 e. The van der Waals surface area contributed by atoms with Gasteiger partial charge in [-0.1, -0.05) is 19.1 Å². The number of hydrogen-bond acceptors (Lipinski definition) is 0. The lowest BCUT2D eigenvalue weighted by Crippen LogP contribution is -1.96. The van der Waals surface area contributed by atoms with Crippen LogP contribution in [0.4, 0.5) is 0 Å². The van der Waals surface area contributed by atoms with Crippen molar-refractivity contribution in [2.45, 2.75) is 71.6 Å². The molecule has 9 rings (SSSR count). The topological polar surface area (TPSA) is 0 Å². The molecule has 0 nitrogen and oxygen atoms in total. The molecule has 0 heteroatoms. The maximum absolute atomic E-state index is 2.55. The summed E-state index contributed by atoms with van der Waals surface area (Å²) in [7, 11) is 0. The Bertz CT molecular complexity index is 824. The first kappa shape index (κ1) is 11.4. The Morgan fingerprint density at radius 3 is 1.65 bits per heavy atom. The first-order valence-corrected chi connectivity index (χ1v) is 10.6. The van der Waals surface area contributed by atoms with Gasteiger partial charge in [0.15, 0.2) is 0 Å². The summed E-state index contributed by atoms with van der Waals surface area (Å²) in [6, 6.07) is 0. The van der Waals surface area contributed by atoms with Crippen LogP contribution in [0.5, 0.6) is 0 Å². The van der Waals surface area contributed by atoms with Crippen molar-refractivity contribution in [2.24, 2.45) is 55.2 Å².